The number of aryl methyl sites for hydroxylation is 2. The molecule has 2 aromatic rings. The van der Waals surface area contributed by atoms with Crippen molar-refractivity contribution in [2.45, 2.75) is 25.2 Å². The fourth-order valence-electron chi connectivity index (χ4n) is 2.41. The third kappa shape index (κ3) is 1.87. The quantitative estimate of drug-likeness (QED) is 0.812. The van der Waals surface area contributed by atoms with Gasteiger partial charge in [-0.2, -0.15) is 15.4 Å². The molecule has 1 aliphatic carbocycles. The minimum absolute atomic E-state index is 0.0437. The standard InChI is InChI=1S/C11H14N6O/c1-17-6-8-7(3-2-4-9(8)15-17)11(18)13-10-5-12-16-14-10/h5-7H,2-4H2,1H3,(H2,12,13,14,16,18). The fourth-order valence-corrected chi connectivity index (χ4v) is 2.41. The molecule has 0 saturated carbocycles. The monoisotopic (exact) mass is 246 g/mol. The van der Waals surface area contributed by atoms with Crippen LogP contribution in [-0.2, 0) is 18.3 Å². The number of aromatic amines is 1. The Morgan fingerprint density at radius 2 is 2.50 bits per heavy atom. The van der Waals surface area contributed by atoms with E-state index in [1.807, 2.05) is 13.2 Å². The van der Waals surface area contributed by atoms with E-state index in [1.54, 1.807) is 4.68 Å². The van der Waals surface area contributed by atoms with Gasteiger partial charge in [0.15, 0.2) is 5.82 Å². The first-order valence-electron chi connectivity index (χ1n) is 5.93. The number of nitrogens with one attached hydrogen (secondary N) is 2. The molecule has 2 N–H and O–H groups in total. The zero-order valence-electron chi connectivity index (χ0n) is 10.1. The highest BCUT2D eigenvalue weighted by molar-refractivity contribution is 5.95. The van der Waals surface area contributed by atoms with Crippen LogP contribution in [0.5, 0.6) is 0 Å². The smallest absolute Gasteiger partial charge is 0.233 e. The van der Waals surface area contributed by atoms with E-state index in [0.717, 1.165) is 30.5 Å². The number of H-pyrrole nitrogens is 1. The topological polar surface area (TPSA) is 88.5 Å². The van der Waals surface area contributed by atoms with E-state index < -0.39 is 0 Å². The molecule has 1 unspecified atom stereocenters. The zero-order valence-corrected chi connectivity index (χ0v) is 10.1. The first-order valence-corrected chi connectivity index (χ1v) is 5.93. The van der Waals surface area contributed by atoms with Gasteiger partial charge in [0.25, 0.3) is 0 Å². The van der Waals surface area contributed by atoms with Gasteiger partial charge in [-0.25, -0.2) is 0 Å². The maximum atomic E-state index is 12.2. The summed E-state index contributed by atoms with van der Waals surface area (Å²) in [5, 5.41) is 17.1. The SMILES string of the molecule is Cn1cc2c(n1)CCCC2C(=O)Nc1cn[nH]n1. The number of nitrogens with zero attached hydrogens (tertiary/aromatic N) is 4. The predicted molar refractivity (Wildman–Crippen MR) is 63.9 cm³/mol. The fraction of sp³-hybridized carbons (Fsp3) is 0.455. The van der Waals surface area contributed by atoms with Crippen molar-refractivity contribution in [1.82, 2.24) is 25.2 Å². The molecule has 3 rings (SSSR count). The van der Waals surface area contributed by atoms with Crippen molar-refractivity contribution < 1.29 is 4.79 Å². The van der Waals surface area contributed by atoms with Crippen molar-refractivity contribution in [3.05, 3.63) is 23.7 Å². The lowest BCUT2D eigenvalue weighted by molar-refractivity contribution is -0.117. The molecule has 0 radical (unpaired) electrons. The second-order valence-corrected chi connectivity index (χ2v) is 4.49. The van der Waals surface area contributed by atoms with Gasteiger partial charge in [0, 0.05) is 18.8 Å². The van der Waals surface area contributed by atoms with Gasteiger partial charge in [-0.05, 0) is 19.3 Å². The third-order valence-corrected chi connectivity index (χ3v) is 3.20. The van der Waals surface area contributed by atoms with Crippen molar-refractivity contribution in [3.8, 4) is 0 Å². The van der Waals surface area contributed by atoms with Crippen LogP contribution in [0.4, 0.5) is 5.82 Å². The molecule has 0 fully saturated rings. The first kappa shape index (κ1) is 10.9. The Morgan fingerprint density at radius 3 is 3.28 bits per heavy atom. The summed E-state index contributed by atoms with van der Waals surface area (Å²) < 4.78 is 1.77. The second-order valence-electron chi connectivity index (χ2n) is 4.49. The van der Waals surface area contributed by atoms with E-state index in [1.165, 1.54) is 6.20 Å². The van der Waals surface area contributed by atoms with Crippen LogP contribution in [-0.4, -0.2) is 31.1 Å². The summed E-state index contributed by atoms with van der Waals surface area (Å²) in [5.41, 5.74) is 2.06. The minimum Gasteiger partial charge on any atom is -0.307 e. The van der Waals surface area contributed by atoms with E-state index in [-0.39, 0.29) is 11.8 Å². The van der Waals surface area contributed by atoms with Gasteiger partial charge in [0.1, 0.15) is 0 Å². The Labute approximate surface area is 104 Å². The summed E-state index contributed by atoms with van der Waals surface area (Å²) in [6.07, 6.45) is 6.21. The number of carbonyl (C=O) groups is 1. The average Bonchev–Trinajstić information content (AvgIpc) is 2.95. The lowest BCUT2D eigenvalue weighted by Crippen LogP contribution is -2.24. The number of carbonyl (C=O) groups excluding carboxylic acids is 1. The van der Waals surface area contributed by atoms with Crippen LogP contribution in [0.25, 0.3) is 0 Å². The van der Waals surface area contributed by atoms with Crippen LogP contribution in [0.1, 0.15) is 30.0 Å². The Morgan fingerprint density at radius 1 is 1.61 bits per heavy atom. The highest BCUT2D eigenvalue weighted by Crippen LogP contribution is 2.31. The van der Waals surface area contributed by atoms with Gasteiger partial charge < -0.3 is 5.32 Å². The number of aromatic nitrogens is 5. The van der Waals surface area contributed by atoms with Gasteiger partial charge in [0.2, 0.25) is 5.91 Å². The van der Waals surface area contributed by atoms with Crippen molar-refractivity contribution in [2.24, 2.45) is 7.05 Å². The van der Waals surface area contributed by atoms with Gasteiger partial charge in [-0.15, -0.1) is 5.10 Å². The maximum absolute atomic E-state index is 12.2. The molecular weight excluding hydrogens is 232 g/mol. The Bertz CT molecular complexity index is 558. The lowest BCUT2D eigenvalue weighted by atomic mass is 9.86. The highest BCUT2D eigenvalue weighted by Gasteiger charge is 2.29. The molecule has 2 heterocycles. The molecule has 0 aromatic carbocycles. The van der Waals surface area contributed by atoms with Gasteiger partial charge in [0.05, 0.1) is 17.8 Å². The Balaban J connectivity index is 1.82. The average molecular weight is 246 g/mol. The molecule has 94 valence electrons. The second kappa shape index (κ2) is 4.25. The lowest BCUT2D eigenvalue weighted by Gasteiger charge is -2.19. The van der Waals surface area contributed by atoms with Crippen LogP contribution >= 0.6 is 0 Å². The molecule has 7 nitrogen and oxygen atoms in total. The van der Waals surface area contributed by atoms with E-state index in [2.05, 4.69) is 25.8 Å². The molecule has 0 aliphatic heterocycles. The molecular formula is C11H14N6O. The number of rotatable bonds is 2. The van der Waals surface area contributed by atoms with Gasteiger partial charge in [-0.1, -0.05) is 0 Å². The van der Waals surface area contributed by atoms with Gasteiger partial charge in [-0.3, -0.25) is 9.48 Å². The van der Waals surface area contributed by atoms with Crippen molar-refractivity contribution in [3.63, 3.8) is 0 Å². The third-order valence-electron chi connectivity index (χ3n) is 3.20. The number of amides is 1. The molecule has 1 amide bonds. The van der Waals surface area contributed by atoms with Crippen LogP contribution in [0.3, 0.4) is 0 Å². The molecule has 7 heteroatoms. The summed E-state index contributed by atoms with van der Waals surface area (Å²) in [6.45, 7) is 0. The number of fused-ring (bicyclic) bond motifs is 1. The van der Waals surface area contributed by atoms with E-state index in [4.69, 9.17) is 0 Å². The van der Waals surface area contributed by atoms with Crippen molar-refractivity contribution in [1.29, 1.82) is 0 Å². The van der Waals surface area contributed by atoms with Crippen LogP contribution in [0.2, 0.25) is 0 Å². The zero-order chi connectivity index (χ0) is 12.5. The molecule has 0 spiro atoms. The van der Waals surface area contributed by atoms with Crippen molar-refractivity contribution >= 4 is 11.7 Å². The molecule has 2 aromatic heterocycles. The number of anilines is 1. The molecule has 0 saturated heterocycles. The van der Waals surface area contributed by atoms with E-state index >= 15 is 0 Å². The first-order chi connectivity index (χ1) is 8.74. The van der Waals surface area contributed by atoms with E-state index in [0.29, 0.717) is 5.82 Å². The highest BCUT2D eigenvalue weighted by atomic mass is 16.2. The molecule has 1 aliphatic rings. The largest absolute Gasteiger partial charge is 0.307 e. The summed E-state index contributed by atoms with van der Waals surface area (Å²) >= 11 is 0. The maximum Gasteiger partial charge on any atom is 0.233 e. The minimum atomic E-state index is -0.140. The Hall–Kier alpha value is -2.18. The summed E-state index contributed by atoms with van der Waals surface area (Å²) in [4.78, 5) is 12.2. The molecule has 1 atom stereocenters. The predicted octanol–water partition coefficient (Wildman–Crippen LogP) is 0.597. The number of hydrogen-bond acceptors (Lipinski definition) is 4. The number of hydrogen-bond donors (Lipinski definition) is 2. The van der Waals surface area contributed by atoms with Gasteiger partial charge >= 0.3 is 0 Å². The summed E-state index contributed by atoms with van der Waals surface area (Å²) in [7, 11) is 1.88. The van der Waals surface area contributed by atoms with Crippen LogP contribution in [0, 0.1) is 0 Å². The van der Waals surface area contributed by atoms with Crippen LogP contribution in [0.15, 0.2) is 12.4 Å². The summed E-state index contributed by atoms with van der Waals surface area (Å²) in [5.74, 6) is 0.271. The van der Waals surface area contributed by atoms with Crippen molar-refractivity contribution in [2.75, 3.05) is 5.32 Å². The normalized spacial score (nSPS) is 18.4. The summed E-state index contributed by atoms with van der Waals surface area (Å²) in [6, 6.07) is 0. The van der Waals surface area contributed by atoms with E-state index in [9.17, 15) is 4.79 Å². The Kier molecular flexibility index (Phi) is 2.58. The molecule has 18 heavy (non-hydrogen) atoms. The van der Waals surface area contributed by atoms with Crippen LogP contribution < -0.4 is 5.32 Å². The molecule has 0 bridgehead atoms.